The molecule has 1 saturated carbocycles. The van der Waals surface area contributed by atoms with E-state index in [0.29, 0.717) is 18.6 Å². The number of rotatable bonds is 6. The lowest BCUT2D eigenvalue weighted by molar-refractivity contribution is -0.132. The van der Waals surface area contributed by atoms with Gasteiger partial charge in [0, 0.05) is 19.5 Å². The zero-order valence-corrected chi connectivity index (χ0v) is 14.8. The molecule has 1 aromatic rings. The smallest absolute Gasteiger partial charge is 0.222 e. The van der Waals surface area contributed by atoms with Crippen molar-refractivity contribution in [1.29, 1.82) is 0 Å². The Labute approximate surface area is 145 Å². The highest BCUT2D eigenvalue weighted by Crippen LogP contribution is 2.25. The van der Waals surface area contributed by atoms with Crippen LogP contribution in [0.1, 0.15) is 50.5 Å². The summed E-state index contributed by atoms with van der Waals surface area (Å²) in [7, 11) is 1.96. The lowest BCUT2D eigenvalue weighted by atomic mass is 10.0. The standard InChI is InChI=1S/C20H30N2O2/c1-22(17-11-13-21-14-12-17)20(23)10-9-16-5-4-8-19(15-16)24-18-6-2-3-7-18/h4-5,8,15,17-18,21H,2-3,6-7,9-14H2,1H3. The van der Waals surface area contributed by atoms with Crippen LogP contribution in [-0.4, -0.2) is 43.1 Å². The number of nitrogens with zero attached hydrogens (tertiary/aromatic N) is 1. The topological polar surface area (TPSA) is 41.6 Å². The van der Waals surface area contributed by atoms with Crippen LogP contribution in [0, 0.1) is 0 Å². The average molecular weight is 330 g/mol. The van der Waals surface area contributed by atoms with Gasteiger partial charge in [-0.2, -0.15) is 0 Å². The average Bonchev–Trinajstić information content (AvgIpc) is 3.13. The maximum absolute atomic E-state index is 12.5. The number of hydrogen-bond acceptors (Lipinski definition) is 3. The summed E-state index contributed by atoms with van der Waals surface area (Å²) in [6, 6.07) is 8.68. The zero-order valence-electron chi connectivity index (χ0n) is 14.8. The molecular weight excluding hydrogens is 300 g/mol. The Balaban J connectivity index is 1.49. The molecule has 0 spiro atoms. The Morgan fingerprint density at radius 1 is 1.21 bits per heavy atom. The zero-order chi connectivity index (χ0) is 16.8. The first-order valence-electron chi connectivity index (χ1n) is 9.44. The van der Waals surface area contributed by atoms with Gasteiger partial charge in [0.25, 0.3) is 0 Å². The first-order valence-corrected chi connectivity index (χ1v) is 9.44. The van der Waals surface area contributed by atoms with E-state index in [2.05, 4.69) is 17.4 Å². The Morgan fingerprint density at radius 3 is 2.71 bits per heavy atom. The largest absolute Gasteiger partial charge is 0.490 e. The third-order valence-corrected chi connectivity index (χ3v) is 5.38. The molecule has 0 unspecified atom stereocenters. The summed E-state index contributed by atoms with van der Waals surface area (Å²) in [5.74, 6) is 1.21. The van der Waals surface area contributed by atoms with Crippen LogP contribution in [0.3, 0.4) is 0 Å². The predicted octanol–water partition coefficient (Wildman–Crippen LogP) is 3.15. The van der Waals surface area contributed by atoms with Crippen molar-refractivity contribution in [3.05, 3.63) is 29.8 Å². The van der Waals surface area contributed by atoms with Crippen molar-refractivity contribution in [2.24, 2.45) is 0 Å². The predicted molar refractivity (Wildman–Crippen MR) is 96.3 cm³/mol. The van der Waals surface area contributed by atoms with E-state index >= 15 is 0 Å². The van der Waals surface area contributed by atoms with Crippen molar-refractivity contribution in [1.82, 2.24) is 10.2 Å². The normalized spacial score (nSPS) is 19.4. The lowest BCUT2D eigenvalue weighted by Gasteiger charge is -2.31. The van der Waals surface area contributed by atoms with Crippen LogP contribution in [0.5, 0.6) is 5.75 Å². The maximum Gasteiger partial charge on any atom is 0.222 e. The second-order valence-corrected chi connectivity index (χ2v) is 7.16. The molecule has 0 bridgehead atoms. The number of aryl methyl sites for hydroxylation is 1. The molecule has 0 atom stereocenters. The number of amides is 1. The summed E-state index contributed by atoms with van der Waals surface area (Å²) in [4.78, 5) is 14.4. The highest BCUT2D eigenvalue weighted by Gasteiger charge is 2.21. The van der Waals surface area contributed by atoms with Gasteiger partial charge in [-0.15, -0.1) is 0 Å². The van der Waals surface area contributed by atoms with E-state index in [1.807, 2.05) is 24.1 Å². The molecule has 4 heteroatoms. The van der Waals surface area contributed by atoms with Crippen LogP contribution < -0.4 is 10.1 Å². The molecule has 1 amide bonds. The number of piperidine rings is 1. The summed E-state index contributed by atoms with van der Waals surface area (Å²) < 4.78 is 6.06. The van der Waals surface area contributed by atoms with Crippen molar-refractivity contribution in [2.75, 3.05) is 20.1 Å². The van der Waals surface area contributed by atoms with Crippen LogP contribution in [-0.2, 0) is 11.2 Å². The fraction of sp³-hybridized carbons (Fsp3) is 0.650. The Hall–Kier alpha value is -1.55. The minimum Gasteiger partial charge on any atom is -0.490 e. The summed E-state index contributed by atoms with van der Waals surface area (Å²) in [6.07, 6.45) is 8.77. The molecule has 1 aliphatic heterocycles. The van der Waals surface area contributed by atoms with Crippen LogP contribution in [0.25, 0.3) is 0 Å². The van der Waals surface area contributed by atoms with Gasteiger partial charge >= 0.3 is 0 Å². The van der Waals surface area contributed by atoms with E-state index in [4.69, 9.17) is 4.74 Å². The summed E-state index contributed by atoms with van der Waals surface area (Å²) in [5.41, 5.74) is 1.19. The first-order chi connectivity index (χ1) is 11.7. The number of hydrogen-bond donors (Lipinski definition) is 1. The fourth-order valence-electron chi connectivity index (χ4n) is 3.80. The second kappa shape index (κ2) is 8.52. The van der Waals surface area contributed by atoms with Crippen molar-refractivity contribution in [3.63, 3.8) is 0 Å². The van der Waals surface area contributed by atoms with Gasteiger partial charge in [0.2, 0.25) is 5.91 Å². The third-order valence-electron chi connectivity index (χ3n) is 5.38. The molecule has 0 radical (unpaired) electrons. The van der Waals surface area contributed by atoms with Crippen molar-refractivity contribution >= 4 is 5.91 Å². The lowest BCUT2D eigenvalue weighted by Crippen LogP contribution is -2.44. The van der Waals surface area contributed by atoms with E-state index in [0.717, 1.165) is 38.1 Å². The number of nitrogens with one attached hydrogen (secondary N) is 1. The second-order valence-electron chi connectivity index (χ2n) is 7.16. The van der Waals surface area contributed by atoms with Crippen molar-refractivity contribution < 1.29 is 9.53 Å². The SMILES string of the molecule is CN(C(=O)CCc1cccc(OC2CCCC2)c1)C1CCNCC1. The van der Waals surface area contributed by atoms with Gasteiger partial charge in [-0.1, -0.05) is 12.1 Å². The quantitative estimate of drug-likeness (QED) is 0.871. The summed E-state index contributed by atoms with van der Waals surface area (Å²) >= 11 is 0. The highest BCUT2D eigenvalue weighted by molar-refractivity contribution is 5.76. The molecule has 24 heavy (non-hydrogen) atoms. The van der Waals surface area contributed by atoms with E-state index in [9.17, 15) is 4.79 Å². The molecule has 0 aromatic heterocycles. The number of carbonyl (C=O) groups excluding carboxylic acids is 1. The Bertz CT molecular complexity index is 534. The van der Waals surface area contributed by atoms with Gasteiger partial charge in [-0.25, -0.2) is 0 Å². The molecule has 2 aliphatic rings. The summed E-state index contributed by atoms with van der Waals surface area (Å²) in [5, 5.41) is 3.35. The van der Waals surface area contributed by atoms with Crippen molar-refractivity contribution in [3.8, 4) is 5.75 Å². The molecule has 2 fully saturated rings. The van der Waals surface area contributed by atoms with E-state index in [-0.39, 0.29) is 5.91 Å². The molecule has 1 N–H and O–H groups in total. The van der Waals surface area contributed by atoms with Crippen LogP contribution >= 0.6 is 0 Å². The van der Waals surface area contributed by atoms with Gasteiger partial charge < -0.3 is 15.0 Å². The van der Waals surface area contributed by atoms with Gasteiger partial charge in [0.1, 0.15) is 5.75 Å². The summed E-state index contributed by atoms with van der Waals surface area (Å²) in [6.45, 7) is 2.03. The molecule has 1 aromatic carbocycles. The van der Waals surface area contributed by atoms with Gasteiger partial charge in [-0.05, 0) is 75.7 Å². The minimum atomic E-state index is 0.254. The van der Waals surface area contributed by atoms with E-state index in [1.54, 1.807) is 0 Å². The number of ether oxygens (including phenoxy) is 1. The van der Waals surface area contributed by atoms with Gasteiger partial charge in [0.15, 0.2) is 0 Å². The molecule has 1 aliphatic carbocycles. The van der Waals surface area contributed by atoms with Crippen LogP contribution in [0.4, 0.5) is 0 Å². The molecule has 1 saturated heterocycles. The van der Waals surface area contributed by atoms with Gasteiger partial charge in [-0.3, -0.25) is 4.79 Å². The monoisotopic (exact) mass is 330 g/mol. The number of benzene rings is 1. The molecular formula is C20H30N2O2. The molecule has 4 nitrogen and oxygen atoms in total. The maximum atomic E-state index is 12.5. The fourth-order valence-corrected chi connectivity index (χ4v) is 3.80. The third kappa shape index (κ3) is 4.73. The number of carbonyl (C=O) groups is 1. The van der Waals surface area contributed by atoms with E-state index in [1.165, 1.54) is 31.2 Å². The van der Waals surface area contributed by atoms with Crippen molar-refractivity contribution in [2.45, 2.75) is 63.5 Å². The molecule has 1 heterocycles. The van der Waals surface area contributed by atoms with E-state index < -0.39 is 0 Å². The Kier molecular flexibility index (Phi) is 6.13. The van der Waals surface area contributed by atoms with Crippen LogP contribution in [0.2, 0.25) is 0 Å². The molecule has 3 rings (SSSR count). The van der Waals surface area contributed by atoms with Crippen LogP contribution in [0.15, 0.2) is 24.3 Å². The Morgan fingerprint density at radius 2 is 1.96 bits per heavy atom. The first kappa shape index (κ1) is 17.3. The minimum absolute atomic E-state index is 0.254. The molecule has 132 valence electrons. The van der Waals surface area contributed by atoms with Gasteiger partial charge in [0.05, 0.1) is 6.10 Å². The highest BCUT2D eigenvalue weighted by atomic mass is 16.5.